The van der Waals surface area contributed by atoms with Crippen LogP contribution < -0.4 is 5.73 Å². The summed E-state index contributed by atoms with van der Waals surface area (Å²) in [5.74, 6) is -2.59. The molecule has 1 rings (SSSR count). The summed E-state index contributed by atoms with van der Waals surface area (Å²) in [7, 11) is -1.78. The molecule has 1 saturated heterocycles. The summed E-state index contributed by atoms with van der Waals surface area (Å²) in [6.45, 7) is 1.18. The highest BCUT2D eigenvalue weighted by molar-refractivity contribution is 7.91. The van der Waals surface area contributed by atoms with E-state index in [2.05, 4.69) is 0 Å². The maximum Gasteiger partial charge on any atom is 0.318 e. The van der Waals surface area contributed by atoms with Crippen molar-refractivity contribution in [3.63, 3.8) is 0 Å². The van der Waals surface area contributed by atoms with E-state index >= 15 is 0 Å². The summed E-state index contributed by atoms with van der Waals surface area (Å²) >= 11 is 0. The molecule has 114 valence electrons. The van der Waals surface area contributed by atoms with Crippen LogP contribution >= 0.6 is 0 Å². The van der Waals surface area contributed by atoms with Gasteiger partial charge in [0.05, 0.1) is 11.5 Å². The van der Waals surface area contributed by atoms with E-state index in [1.807, 2.05) is 0 Å². The first-order valence-corrected chi connectivity index (χ1v) is 8.01. The average Bonchev–Trinajstić information content (AvgIpc) is 2.73. The summed E-state index contributed by atoms with van der Waals surface area (Å²) in [5.41, 5.74) is 5.29. The molecule has 9 heteroatoms. The van der Waals surface area contributed by atoms with Gasteiger partial charge in [-0.15, -0.1) is 0 Å². The SMILES string of the molecule is CC(=O)N(CCN)C(=O)C(=O)N(C)C1CCS(=O)(=O)C1. The van der Waals surface area contributed by atoms with E-state index in [0.29, 0.717) is 6.42 Å². The number of nitrogens with zero attached hydrogens (tertiary/aromatic N) is 2. The van der Waals surface area contributed by atoms with Crippen molar-refractivity contribution >= 4 is 27.6 Å². The Morgan fingerprint density at radius 2 is 1.85 bits per heavy atom. The average molecular weight is 305 g/mol. The highest BCUT2D eigenvalue weighted by Crippen LogP contribution is 2.17. The summed E-state index contributed by atoms with van der Waals surface area (Å²) in [6, 6.07) is -0.525. The Kier molecular flexibility index (Phi) is 5.23. The molecule has 20 heavy (non-hydrogen) atoms. The zero-order valence-electron chi connectivity index (χ0n) is 11.5. The molecule has 1 aliphatic rings. The second-order valence-corrected chi connectivity index (χ2v) is 6.97. The number of carbonyl (C=O) groups excluding carboxylic acids is 3. The van der Waals surface area contributed by atoms with E-state index in [1.165, 1.54) is 14.0 Å². The zero-order valence-corrected chi connectivity index (χ0v) is 12.4. The third kappa shape index (κ3) is 3.76. The van der Waals surface area contributed by atoms with Crippen molar-refractivity contribution in [1.82, 2.24) is 9.80 Å². The molecule has 1 atom stereocenters. The molecule has 0 aromatic heterocycles. The van der Waals surface area contributed by atoms with Crippen LogP contribution in [0.2, 0.25) is 0 Å². The van der Waals surface area contributed by atoms with Gasteiger partial charge in [-0.1, -0.05) is 0 Å². The lowest BCUT2D eigenvalue weighted by Gasteiger charge is -2.25. The molecule has 1 aliphatic heterocycles. The van der Waals surface area contributed by atoms with Crippen molar-refractivity contribution in [2.45, 2.75) is 19.4 Å². The number of hydrogen-bond acceptors (Lipinski definition) is 6. The first-order chi connectivity index (χ1) is 9.19. The maximum absolute atomic E-state index is 12.0. The topological polar surface area (TPSA) is 118 Å². The highest BCUT2D eigenvalue weighted by atomic mass is 32.2. The van der Waals surface area contributed by atoms with Crippen molar-refractivity contribution in [2.24, 2.45) is 5.73 Å². The van der Waals surface area contributed by atoms with Crippen LogP contribution in [-0.4, -0.2) is 73.6 Å². The zero-order chi connectivity index (χ0) is 15.5. The highest BCUT2D eigenvalue weighted by Gasteiger charge is 2.36. The Balaban J connectivity index is 2.78. The van der Waals surface area contributed by atoms with Gasteiger partial charge in [0.25, 0.3) is 0 Å². The molecule has 1 unspecified atom stereocenters. The van der Waals surface area contributed by atoms with Gasteiger partial charge in [0, 0.05) is 33.1 Å². The van der Waals surface area contributed by atoms with E-state index in [1.54, 1.807) is 0 Å². The van der Waals surface area contributed by atoms with Gasteiger partial charge in [-0.2, -0.15) is 0 Å². The number of likely N-dealkylation sites (N-methyl/N-ethyl adjacent to an activating group) is 1. The third-order valence-electron chi connectivity index (χ3n) is 3.24. The van der Waals surface area contributed by atoms with Crippen LogP contribution in [0.4, 0.5) is 0 Å². The number of nitrogens with two attached hydrogens (primary N) is 1. The fourth-order valence-corrected chi connectivity index (χ4v) is 3.82. The Bertz CT molecular complexity index is 516. The minimum Gasteiger partial charge on any atom is -0.333 e. The predicted octanol–water partition coefficient (Wildman–Crippen LogP) is -2.03. The largest absolute Gasteiger partial charge is 0.333 e. The van der Waals surface area contributed by atoms with Gasteiger partial charge >= 0.3 is 11.8 Å². The summed E-state index contributed by atoms with van der Waals surface area (Å²) in [4.78, 5) is 37.1. The standard InChI is InChI=1S/C11H19N3O5S/c1-8(15)14(5-4-12)11(17)10(16)13(2)9-3-6-20(18,19)7-9/h9H,3-7,12H2,1-2H3. The van der Waals surface area contributed by atoms with E-state index in [4.69, 9.17) is 5.73 Å². The van der Waals surface area contributed by atoms with Crippen molar-refractivity contribution < 1.29 is 22.8 Å². The lowest BCUT2D eigenvalue weighted by molar-refractivity contribution is -0.156. The lowest BCUT2D eigenvalue weighted by Crippen LogP contribution is -2.50. The minimum absolute atomic E-state index is 0.00268. The van der Waals surface area contributed by atoms with Crippen molar-refractivity contribution in [1.29, 1.82) is 0 Å². The van der Waals surface area contributed by atoms with Gasteiger partial charge in [-0.3, -0.25) is 19.3 Å². The van der Waals surface area contributed by atoms with Crippen LogP contribution in [0.15, 0.2) is 0 Å². The first kappa shape index (κ1) is 16.6. The van der Waals surface area contributed by atoms with E-state index < -0.39 is 33.6 Å². The molecule has 8 nitrogen and oxygen atoms in total. The number of rotatable bonds is 3. The van der Waals surface area contributed by atoms with Gasteiger partial charge in [-0.05, 0) is 6.42 Å². The van der Waals surface area contributed by atoms with Crippen LogP contribution in [0.1, 0.15) is 13.3 Å². The molecule has 3 amide bonds. The second-order valence-electron chi connectivity index (χ2n) is 4.74. The van der Waals surface area contributed by atoms with E-state index in [0.717, 1.165) is 9.80 Å². The summed E-state index contributed by atoms with van der Waals surface area (Å²) in [6.07, 6.45) is 0.300. The fraction of sp³-hybridized carbons (Fsp3) is 0.727. The Labute approximate surface area is 117 Å². The lowest BCUT2D eigenvalue weighted by atomic mass is 10.2. The quantitative estimate of drug-likeness (QED) is 0.601. The van der Waals surface area contributed by atoms with Crippen molar-refractivity contribution in [2.75, 3.05) is 31.6 Å². The van der Waals surface area contributed by atoms with Gasteiger partial charge in [0.15, 0.2) is 9.84 Å². The molecular weight excluding hydrogens is 286 g/mol. The number of sulfone groups is 1. The molecule has 0 aromatic rings. The van der Waals surface area contributed by atoms with Crippen LogP contribution in [-0.2, 0) is 24.2 Å². The van der Waals surface area contributed by atoms with E-state index in [-0.39, 0.29) is 24.6 Å². The first-order valence-electron chi connectivity index (χ1n) is 6.19. The number of amides is 3. The minimum atomic E-state index is -3.15. The smallest absolute Gasteiger partial charge is 0.318 e. The summed E-state index contributed by atoms with van der Waals surface area (Å²) < 4.78 is 22.8. The number of carbonyl (C=O) groups is 3. The molecule has 1 fully saturated rings. The second kappa shape index (κ2) is 6.31. The van der Waals surface area contributed by atoms with Crippen LogP contribution in [0.5, 0.6) is 0 Å². The molecular formula is C11H19N3O5S. The molecule has 0 bridgehead atoms. The van der Waals surface area contributed by atoms with Gasteiger partial charge in [0.2, 0.25) is 5.91 Å². The van der Waals surface area contributed by atoms with Crippen LogP contribution in [0, 0.1) is 0 Å². The van der Waals surface area contributed by atoms with Gasteiger partial charge < -0.3 is 10.6 Å². The fourth-order valence-electron chi connectivity index (χ4n) is 2.04. The molecule has 0 aliphatic carbocycles. The van der Waals surface area contributed by atoms with Crippen molar-refractivity contribution in [3.8, 4) is 0 Å². The van der Waals surface area contributed by atoms with Crippen molar-refractivity contribution in [3.05, 3.63) is 0 Å². The van der Waals surface area contributed by atoms with Gasteiger partial charge in [-0.25, -0.2) is 8.42 Å². The van der Waals surface area contributed by atoms with Crippen LogP contribution in [0.25, 0.3) is 0 Å². The normalized spacial score (nSPS) is 20.4. The Hall–Kier alpha value is -1.48. The molecule has 0 spiro atoms. The number of imide groups is 1. The molecule has 1 heterocycles. The Morgan fingerprint density at radius 1 is 1.25 bits per heavy atom. The Morgan fingerprint density at radius 3 is 2.25 bits per heavy atom. The molecule has 0 saturated carbocycles. The molecule has 0 radical (unpaired) electrons. The number of hydrogen-bond donors (Lipinski definition) is 1. The summed E-state index contributed by atoms with van der Waals surface area (Å²) in [5, 5.41) is 0. The van der Waals surface area contributed by atoms with E-state index in [9.17, 15) is 22.8 Å². The monoisotopic (exact) mass is 305 g/mol. The van der Waals surface area contributed by atoms with Crippen LogP contribution in [0.3, 0.4) is 0 Å². The molecule has 0 aromatic carbocycles. The van der Waals surface area contributed by atoms with Gasteiger partial charge in [0.1, 0.15) is 0 Å². The maximum atomic E-state index is 12.0. The predicted molar refractivity (Wildman–Crippen MR) is 71.3 cm³/mol. The molecule has 2 N–H and O–H groups in total. The third-order valence-corrected chi connectivity index (χ3v) is 4.99.